The first-order valence-corrected chi connectivity index (χ1v) is 9.36. The summed E-state index contributed by atoms with van der Waals surface area (Å²) in [7, 11) is 1.72. The number of rotatable bonds is 8. The molecule has 0 spiro atoms. The van der Waals surface area contributed by atoms with Gasteiger partial charge in [-0.15, -0.1) is 6.58 Å². The standard InChI is InChI=1S/C21H28N4O2/c1-3-12-22-21(23-13-10-18-7-6-15-27-18)24-17-11-14-25(16-17)19-8-4-5-9-20(19)26-2/h3-9,15,17H,1,10-14,16H2,2H3,(H2,22,23,24). The molecule has 2 N–H and O–H groups in total. The van der Waals surface area contributed by atoms with Crippen molar-refractivity contribution < 1.29 is 9.15 Å². The molecule has 6 nitrogen and oxygen atoms in total. The van der Waals surface area contributed by atoms with Crippen LogP contribution in [0.1, 0.15) is 12.2 Å². The fraction of sp³-hybridized carbons (Fsp3) is 0.381. The van der Waals surface area contributed by atoms with Crippen molar-refractivity contribution in [2.75, 3.05) is 38.2 Å². The summed E-state index contributed by atoms with van der Waals surface area (Å²) in [6, 6.07) is 12.4. The zero-order valence-electron chi connectivity index (χ0n) is 15.9. The van der Waals surface area contributed by atoms with Crippen molar-refractivity contribution in [1.29, 1.82) is 0 Å². The SMILES string of the molecule is C=CCNC(=NCCc1ccco1)NC1CCN(c2ccccc2OC)C1. The van der Waals surface area contributed by atoms with Crippen molar-refractivity contribution in [2.45, 2.75) is 18.9 Å². The third-order valence-corrected chi connectivity index (χ3v) is 4.58. The normalized spacial score (nSPS) is 17.0. The molecule has 2 heterocycles. The number of nitrogens with one attached hydrogen (secondary N) is 2. The Kier molecular flexibility index (Phi) is 6.79. The molecule has 1 aliphatic rings. The Morgan fingerprint density at radius 1 is 1.37 bits per heavy atom. The van der Waals surface area contributed by atoms with E-state index in [1.165, 1.54) is 0 Å². The van der Waals surface area contributed by atoms with Gasteiger partial charge in [-0.1, -0.05) is 18.2 Å². The van der Waals surface area contributed by atoms with E-state index in [1.54, 1.807) is 13.4 Å². The number of benzene rings is 1. The van der Waals surface area contributed by atoms with Gasteiger partial charge in [-0.3, -0.25) is 4.99 Å². The van der Waals surface area contributed by atoms with Crippen molar-refractivity contribution in [2.24, 2.45) is 4.99 Å². The van der Waals surface area contributed by atoms with Crippen molar-refractivity contribution in [3.8, 4) is 5.75 Å². The van der Waals surface area contributed by atoms with E-state index in [2.05, 4.69) is 33.2 Å². The predicted octanol–water partition coefficient (Wildman–Crippen LogP) is 2.83. The Labute approximate surface area is 160 Å². The Bertz CT molecular complexity index is 742. The number of anilines is 1. The van der Waals surface area contributed by atoms with Gasteiger partial charge in [0.1, 0.15) is 11.5 Å². The fourth-order valence-electron chi connectivity index (χ4n) is 3.24. The second-order valence-electron chi connectivity index (χ2n) is 6.48. The molecule has 3 rings (SSSR count). The summed E-state index contributed by atoms with van der Waals surface area (Å²) in [5.41, 5.74) is 1.14. The highest BCUT2D eigenvalue weighted by Gasteiger charge is 2.25. The second-order valence-corrected chi connectivity index (χ2v) is 6.48. The van der Waals surface area contributed by atoms with E-state index in [0.717, 1.165) is 49.1 Å². The average molecular weight is 368 g/mol. The summed E-state index contributed by atoms with van der Waals surface area (Å²) in [6.07, 6.45) is 5.36. The van der Waals surface area contributed by atoms with Gasteiger partial charge < -0.3 is 24.7 Å². The molecule has 0 radical (unpaired) electrons. The summed E-state index contributed by atoms with van der Waals surface area (Å²) >= 11 is 0. The molecule has 1 fully saturated rings. The van der Waals surface area contributed by atoms with Crippen LogP contribution in [-0.2, 0) is 6.42 Å². The first-order valence-electron chi connectivity index (χ1n) is 9.36. The summed E-state index contributed by atoms with van der Waals surface area (Å²) in [5, 5.41) is 6.85. The van der Waals surface area contributed by atoms with Gasteiger partial charge in [0.15, 0.2) is 5.96 Å². The summed E-state index contributed by atoms with van der Waals surface area (Å²) in [4.78, 5) is 7.03. The van der Waals surface area contributed by atoms with Gasteiger partial charge in [0, 0.05) is 38.6 Å². The van der Waals surface area contributed by atoms with E-state index in [-0.39, 0.29) is 0 Å². The van der Waals surface area contributed by atoms with Crippen LogP contribution < -0.4 is 20.3 Å². The molecule has 1 atom stereocenters. The minimum atomic E-state index is 0.328. The number of para-hydroxylation sites is 2. The number of methoxy groups -OCH3 is 1. The van der Waals surface area contributed by atoms with Crippen LogP contribution in [-0.4, -0.2) is 45.3 Å². The van der Waals surface area contributed by atoms with Gasteiger partial charge in [0.25, 0.3) is 0 Å². The van der Waals surface area contributed by atoms with E-state index in [9.17, 15) is 0 Å². The molecule has 0 amide bonds. The molecule has 1 aromatic heterocycles. The summed E-state index contributed by atoms with van der Waals surface area (Å²) < 4.78 is 10.9. The number of guanidine groups is 1. The molecule has 1 aromatic carbocycles. The van der Waals surface area contributed by atoms with E-state index >= 15 is 0 Å². The van der Waals surface area contributed by atoms with E-state index in [4.69, 9.17) is 9.15 Å². The molecule has 144 valence electrons. The number of ether oxygens (including phenoxy) is 1. The third-order valence-electron chi connectivity index (χ3n) is 4.58. The lowest BCUT2D eigenvalue weighted by Gasteiger charge is -2.22. The molecule has 1 unspecified atom stereocenters. The lowest BCUT2D eigenvalue weighted by molar-refractivity contribution is 0.415. The minimum absolute atomic E-state index is 0.328. The molecule has 27 heavy (non-hydrogen) atoms. The number of furan rings is 1. The van der Waals surface area contributed by atoms with E-state index in [0.29, 0.717) is 19.1 Å². The lowest BCUT2D eigenvalue weighted by atomic mass is 10.2. The Morgan fingerprint density at radius 2 is 2.26 bits per heavy atom. The third kappa shape index (κ3) is 5.29. The largest absolute Gasteiger partial charge is 0.495 e. The van der Waals surface area contributed by atoms with Crippen LogP contribution in [0, 0.1) is 0 Å². The maximum absolute atomic E-state index is 5.50. The molecule has 6 heteroatoms. The zero-order valence-corrected chi connectivity index (χ0v) is 15.9. The molecule has 1 aliphatic heterocycles. The number of hydrogen-bond acceptors (Lipinski definition) is 4. The Hall–Kier alpha value is -2.89. The first kappa shape index (κ1) is 18.9. The van der Waals surface area contributed by atoms with Crippen LogP contribution in [0.25, 0.3) is 0 Å². The molecule has 2 aromatic rings. The minimum Gasteiger partial charge on any atom is -0.495 e. The molecule has 0 aliphatic carbocycles. The van der Waals surface area contributed by atoms with Crippen LogP contribution in [0.3, 0.4) is 0 Å². The van der Waals surface area contributed by atoms with Crippen molar-refractivity contribution in [3.63, 3.8) is 0 Å². The lowest BCUT2D eigenvalue weighted by Crippen LogP contribution is -2.44. The Balaban J connectivity index is 1.58. The molecule has 0 saturated carbocycles. The maximum atomic E-state index is 5.50. The smallest absolute Gasteiger partial charge is 0.191 e. The highest BCUT2D eigenvalue weighted by atomic mass is 16.5. The van der Waals surface area contributed by atoms with Crippen molar-refractivity contribution >= 4 is 11.6 Å². The van der Waals surface area contributed by atoms with Gasteiger partial charge in [-0.2, -0.15) is 0 Å². The molecule has 1 saturated heterocycles. The van der Waals surface area contributed by atoms with E-state index in [1.807, 2.05) is 36.4 Å². The zero-order chi connectivity index (χ0) is 18.9. The van der Waals surface area contributed by atoms with Gasteiger partial charge in [-0.25, -0.2) is 0 Å². The van der Waals surface area contributed by atoms with Crippen LogP contribution in [0.4, 0.5) is 5.69 Å². The highest BCUT2D eigenvalue weighted by Crippen LogP contribution is 2.30. The predicted molar refractivity (Wildman–Crippen MR) is 110 cm³/mol. The van der Waals surface area contributed by atoms with Crippen LogP contribution in [0.15, 0.2) is 64.7 Å². The van der Waals surface area contributed by atoms with Gasteiger partial charge >= 0.3 is 0 Å². The van der Waals surface area contributed by atoms with Crippen LogP contribution in [0.2, 0.25) is 0 Å². The fourth-order valence-corrected chi connectivity index (χ4v) is 3.24. The van der Waals surface area contributed by atoms with Crippen LogP contribution in [0.5, 0.6) is 5.75 Å². The monoisotopic (exact) mass is 368 g/mol. The van der Waals surface area contributed by atoms with Crippen LogP contribution >= 0.6 is 0 Å². The Morgan fingerprint density at radius 3 is 3.04 bits per heavy atom. The van der Waals surface area contributed by atoms with Gasteiger partial charge in [0.2, 0.25) is 0 Å². The maximum Gasteiger partial charge on any atom is 0.191 e. The molecule has 0 bridgehead atoms. The summed E-state index contributed by atoms with van der Waals surface area (Å²) in [6.45, 7) is 7.01. The number of hydrogen-bond donors (Lipinski definition) is 2. The first-order chi connectivity index (χ1) is 13.3. The number of aliphatic imine (C=N–C) groups is 1. The van der Waals surface area contributed by atoms with Crippen molar-refractivity contribution in [1.82, 2.24) is 10.6 Å². The van der Waals surface area contributed by atoms with E-state index < -0.39 is 0 Å². The highest BCUT2D eigenvalue weighted by molar-refractivity contribution is 5.80. The average Bonchev–Trinajstić information content (AvgIpc) is 3.38. The van der Waals surface area contributed by atoms with Gasteiger partial charge in [-0.05, 0) is 30.7 Å². The number of nitrogens with zero attached hydrogens (tertiary/aromatic N) is 2. The topological polar surface area (TPSA) is 62.0 Å². The quantitative estimate of drug-likeness (QED) is 0.426. The second kappa shape index (κ2) is 9.71. The van der Waals surface area contributed by atoms with Crippen molar-refractivity contribution in [3.05, 3.63) is 61.1 Å². The molecular weight excluding hydrogens is 340 g/mol. The molecular formula is C21H28N4O2. The summed E-state index contributed by atoms with van der Waals surface area (Å²) in [5.74, 6) is 2.67. The van der Waals surface area contributed by atoms with Gasteiger partial charge in [0.05, 0.1) is 19.1 Å².